The second-order valence-corrected chi connectivity index (χ2v) is 7.50. The summed E-state index contributed by atoms with van der Waals surface area (Å²) in [6.07, 6.45) is 1.69. The minimum absolute atomic E-state index is 0.0459. The summed E-state index contributed by atoms with van der Waals surface area (Å²) in [7, 11) is 0. The molecule has 30 heavy (non-hydrogen) atoms. The molecule has 1 amide bonds. The Morgan fingerprint density at radius 2 is 2.13 bits per heavy atom. The third-order valence-electron chi connectivity index (χ3n) is 5.33. The lowest BCUT2D eigenvalue weighted by atomic mass is 10.1. The van der Waals surface area contributed by atoms with Crippen molar-refractivity contribution in [1.82, 2.24) is 25.1 Å². The van der Waals surface area contributed by atoms with E-state index < -0.39 is 0 Å². The standard InChI is InChI=1S/C22H20FN5O2/c1-13-18(9-24-27-13)19-6-5-15-8-20(26-21(15)25-19)22(29)28-10-17(11-28)30-12-14-3-2-4-16(23)7-14/h2-9,17H,10-12H2,1H3,(H,24,27)(H,25,26). The van der Waals surface area contributed by atoms with E-state index in [0.717, 1.165) is 27.9 Å². The van der Waals surface area contributed by atoms with E-state index in [1.54, 1.807) is 17.2 Å². The van der Waals surface area contributed by atoms with Crippen LogP contribution in [0.4, 0.5) is 4.39 Å². The van der Waals surface area contributed by atoms with Crippen LogP contribution in [0.2, 0.25) is 0 Å². The van der Waals surface area contributed by atoms with Gasteiger partial charge in [0.15, 0.2) is 0 Å². The summed E-state index contributed by atoms with van der Waals surface area (Å²) in [6.45, 7) is 3.29. The Hall–Kier alpha value is -3.52. The van der Waals surface area contributed by atoms with Gasteiger partial charge in [0.2, 0.25) is 0 Å². The predicted molar refractivity (Wildman–Crippen MR) is 109 cm³/mol. The van der Waals surface area contributed by atoms with Crippen molar-refractivity contribution in [2.75, 3.05) is 13.1 Å². The minimum Gasteiger partial charge on any atom is -0.370 e. The third-order valence-corrected chi connectivity index (χ3v) is 5.33. The molecule has 0 radical (unpaired) electrons. The Balaban J connectivity index is 1.23. The van der Waals surface area contributed by atoms with E-state index in [9.17, 15) is 9.18 Å². The van der Waals surface area contributed by atoms with Crippen molar-refractivity contribution in [2.45, 2.75) is 19.6 Å². The highest BCUT2D eigenvalue weighted by molar-refractivity contribution is 5.98. The summed E-state index contributed by atoms with van der Waals surface area (Å²) in [4.78, 5) is 22.3. The van der Waals surface area contributed by atoms with Crippen LogP contribution in [0.5, 0.6) is 0 Å². The van der Waals surface area contributed by atoms with Gasteiger partial charge in [0.25, 0.3) is 5.91 Å². The summed E-state index contributed by atoms with van der Waals surface area (Å²) in [6, 6.07) is 12.0. The number of benzene rings is 1. The van der Waals surface area contributed by atoms with Crippen molar-refractivity contribution in [2.24, 2.45) is 0 Å². The number of nitrogens with one attached hydrogen (secondary N) is 2. The Labute approximate surface area is 171 Å². The highest BCUT2D eigenvalue weighted by Gasteiger charge is 2.32. The first-order valence-corrected chi connectivity index (χ1v) is 9.72. The highest BCUT2D eigenvalue weighted by atomic mass is 19.1. The molecular formula is C22H20FN5O2. The molecule has 1 saturated heterocycles. The van der Waals surface area contributed by atoms with Crippen molar-refractivity contribution < 1.29 is 13.9 Å². The van der Waals surface area contributed by atoms with Crippen LogP contribution in [0, 0.1) is 12.7 Å². The lowest BCUT2D eigenvalue weighted by Gasteiger charge is -2.38. The molecule has 4 aromatic rings. The Morgan fingerprint density at radius 3 is 2.90 bits per heavy atom. The maximum Gasteiger partial charge on any atom is 0.270 e. The number of nitrogens with zero attached hydrogens (tertiary/aromatic N) is 3. The van der Waals surface area contributed by atoms with Gasteiger partial charge in [-0.3, -0.25) is 9.89 Å². The molecule has 5 rings (SSSR count). The largest absolute Gasteiger partial charge is 0.370 e. The van der Waals surface area contributed by atoms with Gasteiger partial charge in [-0.1, -0.05) is 12.1 Å². The van der Waals surface area contributed by atoms with E-state index in [2.05, 4.69) is 20.2 Å². The van der Waals surface area contributed by atoms with Crippen LogP contribution in [0.15, 0.2) is 48.7 Å². The van der Waals surface area contributed by atoms with Crippen LogP contribution in [-0.2, 0) is 11.3 Å². The van der Waals surface area contributed by atoms with Crippen LogP contribution in [0.3, 0.4) is 0 Å². The first kappa shape index (κ1) is 18.5. The average molecular weight is 405 g/mol. The van der Waals surface area contributed by atoms with Crippen LogP contribution < -0.4 is 0 Å². The third kappa shape index (κ3) is 3.46. The van der Waals surface area contributed by atoms with E-state index in [1.807, 2.05) is 31.2 Å². The molecule has 0 aliphatic carbocycles. The Kier molecular flexibility index (Phi) is 4.55. The number of halogens is 1. The van der Waals surface area contributed by atoms with Gasteiger partial charge in [0.1, 0.15) is 17.2 Å². The SMILES string of the molecule is Cc1[nH]ncc1-c1ccc2cc(C(=O)N3CC(OCc4cccc(F)c4)C3)[nH]c2n1. The molecule has 1 aliphatic rings. The number of rotatable bonds is 5. The fraction of sp³-hybridized carbons (Fsp3) is 0.227. The lowest BCUT2D eigenvalue weighted by Crippen LogP contribution is -2.54. The minimum atomic E-state index is -0.278. The van der Waals surface area contributed by atoms with Crippen molar-refractivity contribution >= 4 is 16.9 Å². The van der Waals surface area contributed by atoms with E-state index in [1.165, 1.54) is 12.1 Å². The second kappa shape index (κ2) is 7.38. The Morgan fingerprint density at radius 1 is 1.27 bits per heavy atom. The number of fused-ring (bicyclic) bond motifs is 1. The van der Waals surface area contributed by atoms with Crippen molar-refractivity contribution in [3.63, 3.8) is 0 Å². The fourth-order valence-electron chi connectivity index (χ4n) is 3.60. The fourth-order valence-corrected chi connectivity index (χ4v) is 3.60. The van der Waals surface area contributed by atoms with Gasteiger partial charge in [0.05, 0.1) is 24.6 Å². The second-order valence-electron chi connectivity index (χ2n) is 7.50. The monoisotopic (exact) mass is 405 g/mol. The molecule has 8 heteroatoms. The number of amides is 1. The van der Waals surface area contributed by atoms with Crippen molar-refractivity contribution in [3.05, 3.63) is 71.4 Å². The maximum atomic E-state index is 13.2. The van der Waals surface area contributed by atoms with Gasteiger partial charge in [0, 0.05) is 29.7 Å². The smallest absolute Gasteiger partial charge is 0.270 e. The van der Waals surface area contributed by atoms with Gasteiger partial charge in [-0.2, -0.15) is 5.10 Å². The number of hydrogen-bond donors (Lipinski definition) is 2. The van der Waals surface area contributed by atoms with Crippen LogP contribution in [0.1, 0.15) is 21.7 Å². The number of hydrogen-bond acceptors (Lipinski definition) is 4. The first-order valence-electron chi connectivity index (χ1n) is 9.72. The first-order chi connectivity index (χ1) is 14.6. The molecule has 0 atom stereocenters. The zero-order chi connectivity index (χ0) is 20.7. The molecule has 3 aromatic heterocycles. The van der Waals surface area contributed by atoms with Gasteiger partial charge < -0.3 is 14.6 Å². The molecule has 0 bridgehead atoms. The average Bonchev–Trinajstić information content (AvgIpc) is 3.32. The van der Waals surface area contributed by atoms with Crippen LogP contribution in [-0.4, -0.2) is 50.2 Å². The molecule has 1 fully saturated rings. The highest BCUT2D eigenvalue weighted by Crippen LogP contribution is 2.24. The summed E-state index contributed by atoms with van der Waals surface area (Å²) < 4.78 is 19.0. The molecule has 0 spiro atoms. The number of aromatic amines is 2. The molecule has 2 N–H and O–H groups in total. The molecule has 7 nitrogen and oxygen atoms in total. The van der Waals surface area contributed by atoms with Crippen LogP contribution in [0.25, 0.3) is 22.3 Å². The van der Waals surface area contributed by atoms with Crippen molar-refractivity contribution in [3.8, 4) is 11.3 Å². The number of likely N-dealkylation sites (tertiary alicyclic amines) is 1. The molecular weight excluding hydrogens is 385 g/mol. The van der Waals surface area contributed by atoms with Gasteiger partial charge in [-0.25, -0.2) is 9.37 Å². The number of aromatic nitrogens is 4. The lowest BCUT2D eigenvalue weighted by molar-refractivity contribution is -0.0505. The number of carbonyl (C=O) groups excluding carboxylic acids is 1. The quantitative estimate of drug-likeness (QED) is 0.533. The Bertz CT molecular complexity index is 1230. The molecule has 1 aromatic carbocycles. The summed E-state index contributed by atoms with van der Waals surface area (Å²) in [5.41, 5.74) is 4.61. The number of pyridine rings is 1. The van der Waals surface area contributed by atoms with Gasteiger partial charge >= 0.3 is 0 Å². The molecule has 0 saturated carbocycles. The molecule has 1 aliphatic heterocycles. The maximum absolute atomic E-state index is 13.2. The number of carbonyl (C=O) groups is 1. The van der Waals surface area contributed by atoms with Crippen molar-refractivity contribution in [1.29, 1.82) is 0 Å². The van der Waals surface area contributed by atoms with Gasteiger partial charge in [-0.15, -0.1) is 0 Å². The number of aryl methyl sites for hydroxylation is 1. The number of H-pyrrole nitrogens is 2. The topological polar surface area (TPSA) is 86.9 Å². The van der Waals surface area contributed by atoms with E-state index in [0.29, 0.717) is 31.0 Å². The van der Waals surface area contributed by atoms with E-state index in [4.69, 9.17) is 4.74 Å². The number of ether oxygens (including phenoxy) is 1. The van der Waals surface area contributed by atoms with E-state index in [-0.39, 0.29) is 17.8 Å². The zero-order valence-corrected chi connectivity index (χ0v) is 16.4. The molecule has 152 valence electrons. The summed E-state index contributed by atoms with van der Waals surface area (Å²) in [5, 5.41) is 7.82. The van der Waals surface area contributed by atoms with E-state index >= 15 is 0 Å². The normalized spacial score (nSPS) is 14.3. The summed E-state index contributed by atoms with van der Waals surface area (Å²) in [5.74, 6) is -0.361. The summed E-state index contributed by atoms with van der Waals surface area (Å²) >= 11 is 0. The molecule has 4 heterocycles. The molecule has 0 unspecified atom stereocenters. The zero-order valence-electron chi connectivity index (χ0n) is 16.4. The van der Waals surface area contributed by atoms with Crippen LogP contribution >= 0.6 is 0 Å². The van der Waals surface area contributed by atoms with Gasteiger partial charge in [-0.05, 0) is 42.8 Å². The predicted octanol–water partition coefficient (Wildman–Crippen LogP) is 3.44.